The van der Waals surface area contributed by atoms with Crippen LogP contribution in [0.1, 0.15) is 60.4 Å². The molecule has 3 rings (SSSR count). The van der Waals surface area contributed by atoms with E-state index in [4.69, 9.17) is 9.47 Å². The van der Waals surface area contributed by atoms with Crippen molar-refractivity contribution in [2.75, 3.05) is 6.61 Å². The molecule has 2 heterocycles. The van der Waals surface area contributed by atoms with E-state index in [-0.39, 0.29) is 18.1 Å². The predicted molar refractivity (Wildman–Crippen MR) is 110 cm³/mol. The van der Waals surface area contributed by atoms with Gasteiger partial charge in [-0.2, -0.15) is 10.1 Å². The van der Waals surface area contributed by atoms with Crippen molar-refractivity contribution in [2.24, 2.45) is 0 Å². The van der Waals surface area contributed by atoms with Gasteiger partial charge >= 0.3 is 5.97 Å². The van der Waals surface area contributed by atoms with Crippen molar-refractivity contribution in [2.45, 2.75) is 47.0 Å². The first kappa shape index (κ1) is 20.5. The number of nitrogens with zero attached hydrogens (tertiary/aromatic N) is 4. The van der Waals surface area contributed by atoms with Crippen LogP contribution in [0.3, 0.4) is 0 Å². The van der Waals surface area contributed by atoms with Gasteiger partial charge in [0, 0.05) is 5.69 Å². The molecular weight excluding hydrogens is 368 g/mol. The highest BCUT2D eigenvalue weighted by molar-refractivity contribution is 5.91. The average molecular weight is 394 g/mol. The molecule has 0 N–H and O–H groups in total. The van der Waals surface area contributed by atoms with Crippen molar-refractivity contribution in [1.29, 1.82) is 0 Å². The van der Waals surface area contributed by atoms with Crippen molar-refractivity contribution in [1.82, 2.24) is 19.7 Å². The summed E-state index contributed by atoms with van der Waals surface area (Å²) < 4.78 is 12.7. The van der Waals surface area contributed by atoms with E-state index in [2.05, 4.69) is 28.9 Å². The molecule has 7 nitrogen and oxygen atoms in total. The number of aryl methyl sites for hydroxylation is 2. The van der Waals surface area contributed by atoms with Crippen LogP contribution in [-0.4, -0.2) is 32.3 Å². The Balaban J connectivity index is 1.98. The lowest BCUT2D eigenvalue weighted by molar-refractivity contribution is 0.0522. The first-order valence-electron chi connectivity index (χ1n) is 9.78. The summed E-state index contributed by atoms with van der Waals surface area (Å²) in [6.45, 7) is 10.1. The first-order valence-corrected chi connectivity index (χ1v) is 9.78. The second-order valence-corrected chi connectivity index (χ2v) is 6.93. The van der Waals surface area contributed by atoms with Gasteiger partial charge in [-0.1, -0.05) is 26.0 Å². The molecule has 3 aromatic rings. The van der Waals surface area contributed by atoms with E-state index in [0.29, 0.717) is 17.6 Å². The van der Waals surface area contributed by atoms with Gasteiger partial charge in [0.25, 0.3) is 5.95 Å². The standard InChI is InChI=1S/C22H26N4O3/c1-6-14(3)17-8-10-18(11-9-17)29-20-19(21(27)28-7-2)13-23-22(24-20)26-16(5)12-15(4)25-26/h8-14H,6-7H2,1-5H3/t14-/m0/s1. The smallest absolute Gasteiger partial charge is 0.345 e. The zero-order chi connectivity index (χ0) is 21.0. The van der Waals surface area contributed by atoms with Crippen LogP contribution >= 0.6 is 0 Å². The van der Waals surface area contributed by atoms with Crippen LogP contribution < -0.4 is 4.74 Å². The summed E-state index contributed by atoms with van der Waals surface area (Å²) in [6.07, 6.45) is 2.48. The van der Waals surface area contributed by atoms with E-state index in [1.807, 2.05) is 44.2 Å². The Labute approximate surface area is 170 Å². The highest BCUT2D eigenvalue weighted by atomic mass is 16.5. The van der Waals surface area contributed by atoms with Crippen LogP contribution in [0.4, 0.5) is 0 Å². The molecule has 1 atom stereocenters. The van der Waals surface area contributed by atoms with Gasteiger partial charge in [0.2, 0.25) is 5.88 Å². The van der Waals surface area contributed by atoms with Crippen LogP contribution in [0.5, 0.6) is 11.6 Å². The normalized spacial score (nSPS) is 11.9. The number of aromatic nitrogens is 4. The van der Waals surface area contributed by atoms with E-state index in [1.165, 1.54) is 11.8 Å². The third-order valence-electron chi connectivity index (χ3n) is 4.71. The fourth-order valence-corrected chi connectivity index (χ4v) is 2.93. The molecule has 0 spiro atoms. The summed E-state index contributed by atoms with van der Waals surface area (Å²) in [5.41, 5.74) is 3.14. The second-order valence-electron chi connectivity index (χ2n) is 6.93. The quantitative estimate of drug-likeness (QED) is 0.538. The van der Waals surface area contributed by atoms with Crippen molar-refractivity contribution in [3.8, 4) is 17.6 Å². The first-order chi connectivity index (χ1) is 13.9. The SMILES string of the molecule is CCOC(=O)c1cnc(-n2nc(C)cc2C)nc1Oc1ccc([C@@H](C)CC)cc1. The maximum Gasteiger partial charge on any atom is 0.345 e. The van der Waals surface area contributed by atoms with Crippen LogP contribution in [0, 0.1) is 13.8 Å². The third kappa shape index (κ3) is 4.62. The lowest BCUT2D eigenvalue weighted by atomic mass is 9.99. The molecule has 0 unspecified atom stereocenters. The molecule has 0 bridgehead atoms. The molecule has 29 heavy (non-hydrogen) atoms. The van der Waals surface area contributed by atoms with Gasteiger partial charge in [0.1, 0.15) is 11.3 Å². The van der Waals surface area contributed by atoms with Gasteiger partial charge in [0.15, 0.2) is 0 Å². The van der Waals surface area contributed by atoms with Crippen LogP contribution in [0.2, 0.25) is 0 Å². The summed E-state index contributed by atoms with van der Waals surface area (Å²) >= 11 is 0. The highest BCUT2D eigenvalue weighted by Crippen LogP contribution is 2.27. The molecule has 0 radical (unpaired) electrons. The zero-order valence-electron chi connectivity index (χ0n) is 17.5. The van der Waals surface area contributed by atoms with E-state index in [0.717, 1.165) is 17.8 Å². The molecule has 0 saturated heterocycles. The number of rotatable bonds is 7. The molecule has 0 amide bonds. The van der Waals surface area contributed by atoms with E-state index >= 15 is 0 Å². The average Bonchev–Trinajstić information content (AvgIpc) is 3.06. The maximum absolute atomic E-state index is 12.4. The van der Waals surface area contributed by atoms with Crippen molar-refractivity contribution in [3.63, 3.8) is 0 Å². The lowest BCUT2D eigenvalue weighted by Crippen LogP contribution is -2.12. The van der Waals surface area contributed by atoms with E-state index < -0.39 is 5.97 Å². The number of carbonyl (C=O) groups excluding carboxylic acids is 1. The summed E-state index contributed by atoms with van der Waals surface area (Å²) in [5.74, 6) is 0.988. The molecule has 1 aromatic carbocycles. The monoisotopic (exact) mass is 394 g/mol. The zero-order valence-corrected chi connectivity index (χ0v) is 17.5. The molecule has 0 saturated carbocycles. The second kappa shape index (κ2) is 8.86. The molecule has 0 aliphatic heterocycles. The van der Waals surface area contributed by atoms with E-state index in [9.17, 15) is 4.79 Å². The van der Waals surface area contributed by atoms with Crippen molar-refractivity contribution in [3.05, 3.63) is 59.0 Å². The number of hydrogen-bond acceptors (Lipinski definition) is 6. The minimum absolute atomic E-state index is 0.136. The Morgan fingerprint density at radius 2 is 1.90 bits per heavy atom. The molecule has 0 fully saturated rings. The van der Waals surface area contributed by atoms with Crippen molar-refractivity contribution < 1.29 is 14.3 Å². The van der Waals surface area contributed by atoms with Gasteiger partial charge in [-0.15, -0.1) is 0 Å². The summed E-state index contributed by atoms with van der Waals surface area (Å²) in [4.78, 5) is 21.1. The topological polar surface area (TPSA) is 79.1 Å². The number of ether oxygens (including phenoxy) is 2. The molecule has 2 aromatic heterocycles. The Bertz CT molecular complexity index is 996. The molecule has 7 heteroatoms. The summed E-state index contributed by atoms with van der Waals surface area (Å²) in [7, 11) is 0. The number of benzene rings is 1. The molecular formula is C22H26N4O3. The minimum atomic E-state index is -0.529. The van der Waals surface area contributed by atoms with Crippen LogP contribution in [-0.2, 0) is 4.74 Å². The number of hydrogen-bond donors (Lipinski definition) is 0. The lowest BCUT2D eigenvalue weighted by Gasteiger charge is -2.13. The fourth-order valence-electron chi connectivity index (χ4n) is 2.93. The minimum Gasteiger partial charge on any atom is -0.462 e. The Morgan fingerprint density at radius 1 is 1.17 bits per heavy atom. The number of esters is 1. The van der Waals surface area contributed by atoms with Gasteiger partial charge in [-0.3, -0.25) is 0 Å². The van der Waals surface area contributed by atoms with E-state index in [1.54, 1.807) is 11.6 Å². The predicted octanol–water partition coefficient (Wildman–Crippen LogP) is 4.76. The molecule has 0 aliphatic carbocycles. The summed E-state index contributed by atoms with van der Waals surface area (Å²) in [5, 5.41) is 4.40. The summed E-state index contributed by atoms with van der Waals surface area (Å²) in [6, 6.07) is 9.73. The van der Waals surface area contributed by atoms with Crippen LogP contribution in [0.15, 0.2) is 36.5 Å². The van der Waals surface area contributed by atoms with Gasteiger partial charge in [0.05, 0.1) is 18.5 Å². The fraction of sp³-hybridized carbons (Fsp3) is 0.364. The maximum atomic E-state index is 12.4. The van der Waals surface area contributed by atoms with Gasteiger partial charge in [-0.25, -0.2) is 14.5 Å². The molecule has 152 valence electrons. The van der Waals surface area contributed by atoms with Crippen LogP contribution in [0.25, 0.3) is 5.95 Å². The van der Waals surface area contributed by atoms with Gasteiger partial charge in [-0.05, 0) is 56.9 Å². The highest BCUT2D eigenvalue weighted by Gasteiger charge is 2.20. The number of carbonyl (C=O) groups is 1. The Hall–Kier alpha value is -3.22. The molecule has 0 aliphatic rings. The Morgan fingerprint density at radius 3 is 2.48 bits per heavy atom. The largest absolute Gasteiger partial charge is 0.462 e. The Kier molecular flexibility index (Phi) is 6.26. The third-order valence-corrected chi connectivity index (χ3v) is 4.71. The van der Waals surface area contributed by atoms with Gasteiger partial charge < -0.3 is 9.47 Å². The van der Waals surface area contributed by atoms with Crippen molar-refractivity contribution >= 4 is 5.97 Å².